The van der Waals surface area contributed by atoms with Crippen molar-refractivity contribution in [3.63, 3.8) is 0 Å². The van der Waals surface area contributed by atoms with Crippen LogP contribution in [0.4, 0.5) is 10.3 Å². The lowest BCUT2D eigenvalue weighted by molar-refractivity contribution is 0.619. The van der Waals surface area contributed by atoms with E-state index in [1.165, 1.54) is 0 Å². The van der Waals surface area contributed by atoms with E-state index in [9.17, 15) is 4.39 Å². The van der Waals surface area contributed by atoms with Gasteiger partial charge in [0.1, 0.15) is 5.69 Å². The van der Waals surface area contributed by atoms with Crippen molar-refractivity contribution in [1.29, 1.82) is 0 Å². The molecule has 0 amide bonds. The fraction of sp³-hybridized carbons (Fsp3) is 0.167. The van der Waals surface area contributed by atoms with E-state index in [-0.39, 0.29) is 11.6 Å². The fourth-order valence-electron chi connectivity index (χ4n) is 1.56. The van der Waals surface area contributed by atoms with E-state index in [2.05, 4.69) is 9.97 Å². The smallest absolute Gasteiger partial charge is 0.220 e. The van der Waals surface area contributed by atoms with Crippen LogP contribution in [0.25, 0.3) is 11.3 Å². The normalized spacial score (nSPS) is 10.4. The van der Waals surface area contributed by atoms with Crippen molar-refractivity contribution >= 4 is 5.95 Å². The summed E-state index contributed by atoms with van der Waals surface area (Å²) >= 11 is 0. The second-order valence-electron chi connectivity index (χ2n) is 3.74. The first-order valence-corrected chi connectivity index (χ1v) is 4.93. The quantitative estimate of drug-likeness (QED) is 0.798. The Bertz CT molecular complexity index is 488. The maximum atomic E-state index is 13.6. The number of rotatable bonds is 1. The molecule has 3 nitrogen and oxygen atoms in total. The van der Waals surface area contributed by atoms with E-state index in [0.717, 1.165) is 22.9 Å². The Hall–Kier alpha value is -1.97. The predicted octanol–water partition coefficient (Wildman–Crippen LogP) is 2.48. The molecule has 0 atom stereocenters. The van der Waals surface area contributed by atoms with E-state index in [4.69, 9.17) is 5.73 Å². The zero-order valence-corrected chi connectivity index (χ0v) is 9.16. The van der Waals surface area contributed by atoms with Gasteiger partial charge < -0.3 is 5.73 Å². The molecule has 0 bridgehead atoms. The second kappa shape index (κ2) is 3.89. The van der Waals surface area contributed by atoms with Crippen LogP contribution in [0.3, 0.4) is 0 Å². The van der Waals surface area contributed by atoms with Gasteiger partial charge in [0.2, 0.25) is 5.95 Å². The molecule has 0 aliphatic rings. The van der Waals surface area contributed by atoms with Gasteiger partial charge in [-0.15, -0.1) is 0 Å². The number of benzene rings is 1. The molecule has 0 fully saturated rings. The molecular weight excluding hydrogens is 205 g/mol. The highest BCUT2D eigenvalue weighted by Crippen LogP contribution is 2.25. The summed E-state index contributed by atoms with van der Waals surface area (Å²) in [6, 6.07) is 5.80. The summed E-state index contributed by atoms with van der Waals surface area (Å²) in [6.45, 7) is 3.86. The summed E-state index contributed by atoms with van der Waals surface area (Å²) in [5.74, 6) is -0.375. The van der Waals surface area contributed by atoms with E-state index < -0.39 is 5.82 Å². The van der Waals surface area contributed by atoms with E-state index in [0.29, 0.717) is 0 Å². The van der Waals surface area contributed by atoms with Crippen LogP contribution >= 0.6 is 0 Å². The number of nitrogen functional groups attached to an aromatic ring is 1. The topological polar surface area (TPSA) is 51.8 Å². The Balaban J connectivity index is 2.66. The lowest BCUT2D eigenvalue weighted by Gasteiger charge is -2.07. The van der Waals surface area contributed by atoms with Gasteiger partial charge in [-0.3, -0.25) is 0 Å². The SMILES string of the molecule is Cc1ccc(C)c(-c2nc(N)ncc2F)c1. The van der Waals surface area contributed by atoms with Gasteiger partial charge in [-0.2, -0.15) is 0 Å². The van der Waals surface area contributed by atoms with Gasteiger partial charge in [-0.25, -0.2) is 14.4 Å². The average Bonchev–Trinajstić information content (AvgIpc) is 2.25. The Labute approximate surface area is 93.2 Å². The zero-order chi connectivity index (χ0) is 11.7. The number of hydrogen-bond acceptors (Lipinski definition) is 3. The molecule has 0 spiro atoms. The maximum Gasteiger partial charge on any atom is 0.220 e. The molecule has 2 N–H and O–H groups in total. The number of aryl methyl sites for hydroxylation is 2. The Kier molecular flexibility index (Phi) is 2.56. The molecule has 0 unspecified atom stereocenters. The van der Waals surface area contributed by atoms with Crippen LogP contribution in [0, 0.1) is 19.7 Å². The number of anilines is 1. The number of aromatic nitrogens is 2. The Morgan fingerprint density at radius 3 is 2.75 bits per heavy atom. The standard InChI is InChI=1S/C12H12FN3/c1-7-3-4-8(2)9(5-7)11-10(13)6-15-12(14)16-11/h3-6H,1-2H3,(H2,14,15,16). The van der Waals surface area contributed by atoms with Crippen molar-refractivity contribution in [3.8, 4) is 11.3 Å². The average molecular weight is 217 g/mol. The molecule has 0 aliphatic carbocycles. The summed E-state index contributed by atoms with van der Waals surface area (Å²) in [5.41, 5.74) is 8.49. The van der Waals surface area contributed by atoms with Crippen LogP contribution < -0.4 is 5.73 Å². The first-order valence-electron chi connectivity index (χ1n) is 4.93. The summed E-state index contributed by atoms with van der Waals surface area (Å²) in [5, 5.41) is 0. The van der Waals surface area contributed by atoms with E-state index in [1.807, 2.05) is 32.0 Å². The van der Waals surface area contributed by atoms with Gasteiger partial charge in [0, 0.05) is 5.56 Å². The van der Waals surface area contributed by atoms with E-state index >= 15 is 0 Å². The first-order chi connectivity index (χ1) is 7.58. The molecule has 0 saturated carbocycles. The minimum Gasteiger partial charge on any atom is -0.368 e. The molecule has 0 aliphatic heterocycles. The van der Waals surface area contributed by atoms with Crippen LogP contribution in [0.2, 0.25) is 0 Å². The Morgan fingerprint density at radius 2 is 2.00 bits per heavy atom. The first kappa shape index (κ1) is 10.5. The maximum absolute atomic E-state index is 13.6. The summed E-state index contributed by atoms with van der Waals surface area (Å²) < 4.78 is 13.6. The molecular formula is C12H12FN3. The number of nitrogens with zero attached hydrogens (tertiary/aromatic N) is 2. The summed E-state index contributed by atoms with van der Waals surface area (Å²) in [4.78, 5) is 7.55. The van der Waals surface area contributed by atoms with Crippen molar-refractivity contribution < 1.29 is 4.39 Å². The van der Waals surface area contributed by atoms with Crippen LogP contribution in [0.15, 0.2) is 24.4 Å². The molecule has 4 heteroatoms. The third-order valence-corrected chi connectivity index (χ3v) is 2.41. The molecule has 1 aromatic heterocycles. The molecule has 1 heterocycles. The van der Waals surface area contributed by atoms with Crippen molar-refractivity contribution in [1.82, 2.24) is 9.97 Å². The lowest BCUT2D eigenvalue weighted by atomic mass is 10.0. The molecule has 82 valence electrons. The molecule has 0 saturated heterocycles. The Morgan fingerprint density at radius 1 is 1.25 bits per heavy atom. The lowest BCUT2D eigenvalue weighted by Crippen LogP contribution is -2.00. The summed E-state index contributed by atoms with van der Waals surface area (Å²) in [6.07, 6.45) is 1.10. The molecule has 2 aromatic rings. The zero-order valence-electron chi connectivity index (χ0n) is 9.16. The fourth-order valence-corrected chi connectivity index (χ4v) is 1.56. The summed E-state index contributed by atoms with van der Waals surface area (Å²) in [7, 11) is 0. The van der Waals surface area contributed by atoms with Crippen LogP contribution in [0.5, 0.6) is 0 Å². The number of halogens is 1. The monoisotopic (exact) mass is 217 g/mol. The highest BCUT2D eigenvalue weighted by molar-refractivity contribution is 5.65. The van der Waals surface area contributed by atoms with E-state index in [1.54, 1.807) is 0 Å². The van der Waals surface area contributed by atoms with Gasteiger partial charge in [0.05, 0.1) is 6.20 Å². The third kappa shape index (κ3) is 1.86. The minimum atomic E-state index is -0.456. The molecule has 2 rings (SSSR count). The largest absolute Gasteiger partial charge is 0.368 e. The van der Waals surface area contributed by atoms with Gasteiger partial charge in [-0.1, -0.05) is 17.7 Å². The van der Waals surface area contributed by atoms with Crippen molar-refractivity contribution in [2.24, 2.45) is 0 Å². The van der Waals surface area contributed by atoms with Gasteiger partial charge in [0.25, 0.3) is 0 Å². The number of nitrogens with two attached hydrogens (primary N) is 1. The predicted molar refractivity (Wildman–Crippen MR) is 61.3 cm³/mol. The van der Waals surface area contributed by atoms with Gasteiger partial charge in [0.15, 0.2) is 5.82 Å². The van der Waals surface area contributed by atoms with Crippen molar-refractivity contribution in [3.05, 3.63) is 41.3 Å². The van der Waals surface area contributed by atoms with Gasteiger partial charge >= 0.3 is 0 Å². The highest BCUT2D eigenvalue weighted by Gasteiger charge is 2.10. The van der Waals surface area contributed by atoms with Crippen molar-refractivity contribution in [2.75, 3.05) is 5.73 Å². The molecule has 1 aromatic carbocycles. The van der Waals surface area contributed by atoms with Crippen LogP contribution in [0.1, 0.15) is 11.1 Å². The number of hydrogen-bond donors (Lipinski definition) is 1. The highest BCUT2D eigenvalue weighted by atomic mass is 19.1. The molecule has 0 radical (unpaired) electrons. The van der Waals surface area contributed by atoms with Crippen LogP contribution in [-0.2, 0) is 0 Å². The van der Waals surface area contributed by atoms with Crippen LogP contribution in [-0.4, -0.2) is 9.97 Å². The van der Waals surface area contributed by atoms with Crippen molar-refractivity contribution in [2.45, 2.75) is 13.8 Å². The minimum absolute atomic E-state index is 0.0808. The van der Waals surface area contributed by atoms with Gasteiger partial charge in [-0.05, 0) is 25.5 Å². The second-order valence-corrected chi connectivity index (χ2v) is 3.74. The third-order valence-electron chi connectivity index (χ3n) is 2.41. The molecule has 16 heavy (non-hydrogen) atoms.